The van der Waals surface area contributed by atoms with Gasteiger partial charge in [-0.1, -0.05) is 32.8 Å². The maximum atomic E-state index is 4.51. The first-order valence-corrected chi connectivity index (χ1v) is 7.03. The van der Waals surface area contributed by atoms with E-state index in [0.29, 0.717) is 0 Å². The summed E-state index contributed by atoms with van der Waals surface area (Å²) in [6.45, 7) is 6.21. The molecule has 0 fully saturated rings. The number of aliphatic imine (C=N–C) groups is 1. The molecular formula is C15H25N3. The molecule has 0 amide bonds. The maximum absolute atomic E-state index is 4.51. The number of hydrogen-bond donors (Lipinski definition) is 1. The fourth-order valence-electron chi connectivity index (χ4n) is 1.58. The normalized spacial score (nSPS) is 12.4. The molecule has 0 aliphatic heterocycles. The van der Waals surface area contributed by atoms with E-state index >= 15 is 0 Å². The molecular weight excluding hydrogens is 222 g/mol. The van der Waals surface area contributed by atoms with Gasteiger partial charge < -0.3 is 4.98 Å². The van der Waals surface area contributed by atoms with Crippen molar-refractivity contribution < 1.29 is 0 Å². The van der Waals surface area contributed by atoms with E-state index in [1.807, 2.05) is 12.3 Å². The van der Waals surface area contributed by atoms with Crippen LogP contribution in [0.5, 0.6) is 0 Å². The van der Waals surface area contributed by atoms with Gasteiger partial charge in [-0.25, -0.2) is 0 Å². The van der Waals surface area contributed by atoms with Crippen molar-refractivity contribution in [2.24, 2.45) is 9.98 Å². The molecule has 3 nitrogen and oxygen atoms in total. The number of nitrogens with zero attached hydrogens (tertiary/aromatic N) is 2. The summed E-state index contributed by atoms with van der Waals surface area (Å²) < 4.78 is 0. The highest BCUT2D eigenvalue weighted by molar-refractivity contribution is 5.60. The smallest absolute Gasteiger partial charge is 0.125 e. The number of aromatic amines is 1. The quantitative estimate of drug-likeness (QED) is 0.541. The second kappa shape index (κ2) is 9.63. The molecule has 0 bridgehead atoms. The Morgan fingerprint density at radius 3 is 2.67 bits per heavy atom. The summed E-state index contributed by atoms with van der Waals surface area (Å²) in [5, 5.41) is 0. The maximum Gasteiger partial charge on any atom is 0.125 e. The predicted octanol–water partition coefficient (Wildman–Crippen LogP) is 3.13. The van der Waals surface area contributed by atoms with Gasteiger partial charge in [-0.2, -0.15) is 0 Å². The first kappa shape index (κ1) is 14.7. The largest absolute Gasteiger partial charge is 0.344 e. The van der Waals surface area contributed by atoms with Crippen LogP contribution in [0.25, 0.3) is 0 Å². The van der Waals surface area contributed by atoms with E-state index in [1.165, 1.54) is 25.0 Å². The van der Waals surface area contributed by atoms with Crippen molar-refractivity contribution in [3.8, 4) is 0 Å². The van der Waals surface area contributed by atoms with Gasteiger partial charge in [-0.3, -0.25) is 9.98 Å². The SMILES string of the molecule is CCCCN=CCc1cccc(=NCCCC)[nH]1. The Morgan fingerprint density at radius 2 is 1.89 bits per heavy atom. The Morgan fingerprint density at radius 1 is 1.11 bits per heavy atom. The lowest BCUT2D eigenvalue weighted by Gasteiger charge is -1.98. The van der Waals surface area contributed by atoms with Gasteiger partial charge in [0.15, 0.2) is 0 Å². The van der Waals surface area contributed by atoms with E-state index < -0.39 is 0 Å². The van der Waals surface area contributed by atoms with E-state index in [1.54, 1.807) is 0 Å². The van der Waals surface area contributed by atoms with E-state index in [9.17, 15) is 0 Å². The van der Waals surface area contributed by atoms with Crippen LogP contribution in [0.2, 0.25) is 0 Å². The lowest BCUT2D eigenvalue weighted by molar-refractivity contribution is 0.785. The van der Waals surface area contributed by atoms with E-state index in [-0.39, 0.29) is 0 Å². The molecule has 0 spiro atoms. The highest BCUT2D eigenvalue weighted by Gasteiger charge is 1.89. The summed E-state index contributed by atoms with van der Waals surface area (Å²) in [5.41, 5.74) is 2.15. The topological polar surface area (TPSA) is 40.5 Å². The van der Waals surface area contributed by atoms with Gasteiger partial charge in [-0.15, -0.1) is 0 Å². The third-order valence-corrected chi connectivity index (χ3v) is 2.72. The van der Waals surface area contributed by atoms with Gasteiger partial charge in [0.2, 0.25) is 0 Å². The fraction of sp³-hybridized carbons (Fsp3) is 0.600. The van der Waals surface area contributed by atoms with Gasteiger partial charge >= 0.3 is 0 Å². The molecule has 0 radical (unpaired) electrons. The zero-order valence-electron chi connectivity index (χ0n) is 11.7. The molecule has 0 aromatic carbocycles. The predicted molar refractivity (Wildman–Crippen MR) is 78.1 cm³/mol. The van der Waals surface area contributed by atoms with Gasteiger partial charge in [0.1, 0.15) is 5.49 Å². The summed E-state index contributed by atoms with van der Waals surface area (Å²) in [7, 11) is 0. The van der Waals surface area contributed by atoms with Crippen LogP contribution in [-0.2, 0) is 6.42 Å². The van der Waals surface area contributed by atoms with Gasteiger partial charge in [0.05, 0.1) is 0 Å². The van der Waals surface area contributed by atoms with Crippen molar-refractivity contribution in [2.75, 3.05) is 13.1 Å². The molecule has 0 aliphatic carbocycles. The Labute approximate surface area is 110 Å². The molecule has 18 heavy (non-hydrogen) atoms. The average molecular weight is 247 g/mol. The molecule has 1 rings (SSSR count). The standard InChI is InChI=1S/C15H25N3/c1-3-5-11-16-13-10-14-8-7-9-15(18-14)17-12-6-4-2/h7-9,13H,3-6,10-12H2,1-2H3,(H,17,18). The third kappa shape index (κ3) is 6.38. The number of pyridine rings is 1. The molecule has 1 aromatic heterocycles. The minimum absolute atomic E-state index is 0.862. The highest BCUT2D eigenvalue weighted by atomic mass is 14.8. The fourth-order valence-corrected chi connectivity index (χ4v) is 1.58. The second-order valence-corrected chi connectivity index (χ2v) is 4.44. The number of hydrogen-bond acceptors (Lipinski definition) is 2. The lowest BCUT2D eigenvalue weighted by atomic mass is 10.3. The molecule has 0 unspecified atom stereocenters. The first-order valence-electron chi connectivity index (χ1n) is 7.03. The Kier molecular flexibility index (Phi) is 7.85. The highest BCUT2D eigenvalue weighted by Crippen LogP contribution is 1.92. The lowest BCUT2D eigenvalue weighted by Crippen LogP contribution is -2.10. The van der Waals surface area contributed by atoms with Crippen molar-refractivity contribution in [1.29, 1.82) is 0 Å². The van der Waals surface area contributed by atoms with Gasteiger partial charge in [-0.05, 0) is 25.0 Å². The van der Waals surface area contributed by atoms with E-state index in [2.05, 4.69) is 40.9 Å². The summed E-state index contributed by atoms with van der Waals surface area (Å²) in [6.07, 6.45) is 7.57. The molecule has 3 heteroatoms. The number of rotatable bonds is 8. The van der Waals surface area contributed by atoms with E-state index in [0.717, 1.165) is 31.4 Å². The molecule has 0 saturated heterocycles. The van der Waals surface area contributed by atoms with Crippen LogP contribution in [0.15, 0.2) is 28.2 Å². The molecule has 0 aliphatic rings. The number of unbranched alkanes of at least 4 members (excludes halogenated alkanes) is 2. The van der Waals surface area contributed by atoms with Crippen LogP contribution in [0, 0.1) is 0 Å². The molecule has 1 N–H and O–H groups in total. The summed E-state index contributed by atoms with van der Waals surface area (Å²) in [6, 6.07) is 6.16. The van der Waals surface area contributed by atoms with Crippen molar-refractivity contribution in [3.63, 3.8) is 0 Å². The monoisotopic (exact) mass is 247 g/mol. The van der Waals surface area contributed by atoms with Gasteiger partial charge in [0, 0.05) is 31.4 Å². The Hall–Kier alpha value is -1.38. The number of H-pyrrole nitrogens is 1. The van der Waals surface area contributed by atoms with Crippen molar-refractivity contribution in [3.05, 3.63) is 29.4 Å². The Bertz CT molecular complexity index is 404. The molecule has 0 saturated carbocycles. The van der Waals surface area contributed by atoms with Crippen LogP contribution in [0.1, 0.15) is 45.2 Å². The minimum Gasteiger partial charge on any atom is -0.344 e. The summed E-state index contributed by atoms with van der Waals surface area (Å²) in [4.78, 5) is 12.2. The van der Waals surface area contributed by atoms with Crippen LogP contribution in [0.3, 0.4) is 0 Å². The van der Waals surface area contributed by atoms with Crippen LogP contribution in [0.4, 0.5) is 0 Å². The molecule has 0 atom stereocenters. The van der Waals surface area contributed by atoms with Crippen molar-refractivity contribution in [1.82, 2.24) is 4.98 Å². The Balaban J connectivity index is 2.48. The molecule has 100 valence electrons. The number of aromatic nitrogens is 1. The van der Waals surface area contributed by atoms with E-state index in [4.69, 9.17) is 0 Å². The van der Waals surface area contributed by atoms with Crippen molar-refractivity contribution in [2.45, 2.75) is 46.0 Å². The zero-order chi connectivity index (χ0) is 13.1. The second-order valence-electron chi connectivity index (χ2n) is 4.44. The average Bonchev–Trinajstić information content (AvgIpc) is 2.39. The minimum atomic E-state index is 0.862. The van der Waals surface area contributed by atoms with Crippen molar-refractivity contribution >= 4 is 6.21 Å². The zero-order valence-corrected chi connectivity index (χ0v) is 11.7. The van der Waals surface area contributed by atoms with Crippen LogP contribution in [-0.4, -0.2) is 24.3 Å². The van der Waals surface area contributed by atoms with Gasteiger partial charge in [0.25, 0.3) is 0 Å². The van der Waals surface area contributed by atoms with Crippen LogP contribution < -0.4 is 5.49 Å². The summed E-state index contributed by atoms with van der Waals surface area (Å²) >= 11 is 0. The molecule has 1 aromatic rings. The molecule has 1 heterocycles. The van der Waals surface area contributed by atoms with Crippen LogP contribution >= 0.6 is 0 Å². The summed E-state index contributed by atoms with van der Waals surface area (Å²) in [5.74, 6) is 0. The number of nitrogens with one attached hydrogen (secondary N) is 1. The third-order valence-electron chi connectivity index (χ3n) is 2.72. The first-order chi connectivity index (χ1) is 8.86.